The molecule has 2 fully saturated rings. The third-order valence-electron chi connectivity index (χ3n) is 6.50. The third-order valence-corrected chi connectivity index (χ3v) is 6.75. The molecule has 2 aromatic rings. The molecule has 0 aliphatic heterocycles. The first-order chi connectivity index (χ1) is 14.5. The molecule has 0 unspecified atom stereocenters. The summed E-state index contributed by atoms with van der Waals surface area (Å²) in [5, 5.41) is 4.86. The molecular weight excluding hydrogens is 400 g/mol. The largest absolute Gasteiger partial charge is 0.493 e. The molecule has 0 spiro atoms. The van der Waals surface area contributed by atoms with E-state index in [-0.39, 0.29) is 17.2 Å². The fourth-order valence-electron chi connectivity index (χ4n) is 4.72. The predicted octanol–water partition coefficient (Wildman–Crippen LogP) is 5.20. The van der Waals surface area contributed by atoms with Crippen molar-refractivity contribution in [2.45, 2.75) is 39.2 Å². The summed E-state index contributed by atoms with van der Waals surface area (Å²) >= 11 is 5.91. The zero-order valence-corrected chi connectivity index (χ0v) is 18.1. The Balaban J connectivity index is 1.34. The standard InChI is InChI=1S/C24H27ClN2O3/c1-24-12-4-3-5-19(24)22(24)23(28)27-26-14-17-8-11-20(21(13-17)29-2)30-15-16-6-9-18(25)10-7-16/h6-11,13-14,19,22H,3-5,12,15H2,1-2H3,(H,27,28)/b26-14-/t19-,22-,24+/m1/s1. The zero-order valence-electron chi connectivity index (χ0n) is 17.4. The molecular formula is C24H27ClN2O3. The molecule has 0 saturated heterocycles. The highest BCUT2D eigenvalue weighted by atomic mass is 35.5. The second-order valence-corrected chi connectivity index (χ2v) is 8.83. The Labute approximate surface area is 182 Å². The molecule has 0 aromatic heterocycles. The van der Waals surface area contributed by atoms with Gasteiger partial charge in [0, 0.05) is 10.9 Å². The summed E-state index contributed by atoms with van der Waals surface area (Å²) in [4.78, 5) is 12.5. The lowest BCUT2D eigenvalue weighted by atomic mass is 9.90. The number of methoxy groups -OCH3 is 1. The lowest BCUT2D eigenvalue weighted by molar-refractivity contribution is -0.123. The second-order valence-electron chi connectivity index (χ2n) is 8.40. The first-order valence-electron chi connectivity index (χ1n) is 10.4. The molecule has 2 aliphatic rings. The number of carbonyl (C=O) groups is 1. The fraction of sp³-hybridized carbons (Fsp3) is 0.417. The molecule has 30 heavy (non-hydrogen) atoms. The van der Waals surface area contributed by atoms with Gasteiger partial charge in [-0.3, -0.25) is 4.79 Å². The van der Waals surface area contributed by atoms with Crippen molar-refractivity contribution in [3.8, 4) is 11.5 Å². The topological polar surface area (TPSA) is 59.9 Å². The van der Waals surface area contributed by atoms with Crippen molar-refractivity contribution in [3.05, 3.63) is 58.6 Å². The minimum absolute atomic E-state index is 0.0375. The van der Waals surface area contributed by atoms with Gasteiger partial charge >= 0.3 is 0 Å². The van der Waals surface area contributed by atoms with E-state index in [2.05, 4.69) is 17.5 Å². The van der Waals surface area contributed by atoms with Crippen LogP contribution in [0.5, 0.6) is 11.5 Å². The van der Waals surface area contributed by atoms with E-state index in [0.717, 1.165) is 24.0 Å². The smallest absolute Gasteiger partial charge is 0.244 e. The Morgan fingerprint density at radius 2 is 2.03 bits per heavy atom. The summed E-state index contributed by atoms with van der Waals surface area (Å²) < 4.78 is 11.3. The molecule has 6 heteroatoms. The lowest BCUT2D eigenvalue weighted by Crippen LogP contribution is -2.22. The van der Waals surface area contributed by atoms with Gasteiger partial charge in [0.1, 0.15) is 6.61 Å². The molecule has 0 radical (unpaired) electrons. The highest BCUT2D eigenvalue weighted by Gasteiger charge is 2.64. The Morgan fingerprint density at radius 3 is 2.73 bits per heavy atom. The number of rotatable bonds is 7. The molecule has 5 nitrogen and oxygen atoms in total. The average molecular weight is 427 g/mol. The van der Waals surface area contributed by atoms with Gasteiger partial charge in [-0.05, 0) is 65.6 Å². The highest BCUT2D eigenvalue weighted by molar-refractivity contribution is 6.30. The van der Waals surface area contributed by atoms with Gasteiger partial charge in [-0.25, -0.2) is 5.43 Å². The number of amides is 1. The molecule has 2 aliphatic carbocycles. The van der Waals surface area contributed by atoms with Gasteiger partial charge in [0.05, 0.1) is 13.3 Å². The quantitative estimate of drug-likeness (QED) is 0.488. The van der Waals surface area contributed by atoms with Gasteiger partial charge in [0.25, 0.3) is 0 Å². The van der Waals surface area contributed by atoms with E-state index in [9.17, 15) is 4.79 Å². The number of hydrogen-bond donors (Lipinski definition) is 1. The summed E-state index contributed by atoms with van der Waals surface area (Å²) in [5.74, 6) is 1.92. The Bertz CT molecular complexity index is 944. The maximum atomic E-state index is 12.5. The van der Waals surface area contributed by atoms with Crippen LogP contribution in [0.2, 0.25) is 5.02 Å². The Hall–Kier alpha value is -2.53. The number of hydrogen-bond acceptors (Lipinski definition) is 4. The molecule has 2 saturated carbocycles. The van der Waals surface area contributed by atoms with Crippen LogP contribution in [0.15, 0.2) is 47.6 Å². The summed E-state index contributed by atoms with van der Waals surface area (Å²) in [6.45, 7) is 2.65. The number of halogens is 1. The third kappa shape index (κ3) is 4.31. The maximum Gasteiger partial charge on any atom is 0.244 e. The van der Waals surface area contributed by atoms with Crippen molar-refractivity contribution in [1.29, 1.82) is 0 Å². The SMILES string of the molecule is COc1cc(/C=N\NC(=O)[C@H]2[C@H]3CCCC[C@@]32C)ccc1OCc1ccc(Cl)cc1. The van der Waals surface area contributed by atoms with E-state index in [4.69, 9.17) is 21.1 Å². The molecule has 3 atom stereocenters. The van der Waals surface area contributed by atoms with E-state index in [1.807, 2.05) is 42.5 Å². The summed E-state index contributed by atoms with van der Waals surface area (Å²) in [6, 6.07) is 13.1. The van der Waals surface area contributed by atoms with Crippen LogP contribution in [-0.4, -0.2) is 19.2 Å². The minimum Gasteiger partial charge on any atom is -0.493 e. The van der Waals surface area contributed by atoms with E-state index >= 15 is 0 Å². The first-order valence-corrected chi connectivity index (χ1v) is 10.8. The van der Waals surface area contributed by atoms with Gasteiger partial charge in [-0.15, -0.1) is 0 Å². The second kappa shape index (κ2) is 8.68. The number of ether oxygens (including phenoxy) is 2. The van der Waals surface area contributed by atoms with E-state index < -0.39 is 0 Å². The van der Waals surface area contributed by atoms with Gasteiger partial charge in [-0.2, -0.15) is 5.10 Å². The van der Waals surface area contributed by atoms with Gasteiger partial charge < -0.3 is 9.47 Å². The van der Waals surface area contributed by atoms with E-state index in [1.54, 1.807) is 13.3 Å². The molecule has 2 aromatic carbocycles. The van der Waals surface area contributed by atoms with Crippen molar-refractivity contribution in [2.75, 3.05) is 7.11 Å². The van der Waals surface area contributed by atoms with Crippen LogP contribution in [0.4, 0.5) is 0 Å². The van der Waals surface area contributed by atoms with Crippen LogP contribution in [0.1, 0.15) is 43.7 Å². The van der Waals surface area contributed by atoms with Crippen LogP contribution in [0.3, 0.4) is 0 Å². The van der Waals surface area contributed by atoms with Crippen LogP contribution in [0.25, 0.3) is 0 Å². The minimum atomic E-state index is 0.0375. The van der Waals surface area contributed by atoms with Crippen molar-refractivity contribution < 1.29 is 14.3 Å². The maximum absolute atomic E-state index is 12.5. The Morgan fingerprint density at radius 1 is 1.23 bits per heavy atom. The van der Waals surface area contributed by atoms with Gasteiger partial charge in [0.2, 0.25) is 5.91 Å². The molecule has 0 heterocycles. The number of nitrogens with one attached hydrogen (secondary N) is 1. The van der Waals surface area contributed by atoms with Crippen LogP contribution in [0, 0.1) is 17.3 Å². The van der Waals surface area contributed by atoms with Crippen molar-refractivity contribution in [3.63, 3.8) is 0 Å². The summed E-state index contributed by atoms with van der Waals surface area (Å²) in [5.41, 5.74) is 4.75. The normalized spacial score (nSPS) is 24.9. The average Bonchev–Trinajstić information content (AvgIpc) is 3.39. The molecule has 1 N–H and O–H groups in total. The van der Waals surface area contributed by atoms with Crippen LogP contribution < -0.4 is 14.9 Å². The van der Waals surface area contributed by atoms with E-state index in [0.29, 0.717) is 29.0 Å². The number of benzene rings is 2. The molecule has 4 rings (SSSR count). The first kappa shape index (κ1) is 20.7. The van der Waals surface area contributed by atoms with Crippen LogP contribution in [-0.2, 0) is 11.4 Å². The highest BCUT2D eigenvalue weighted by Crippen LogP contribution is 2.66. The fourth-order valence-corrected chi connectivity index (χ4v) is 4.84. The van der Waals surface area contributed by atoms with Crippen molar-refractivity contribution >= 4 is 23.7 Å². The molecule has 0 bridgehead atoms. The number of carbonyl (C=O) groups excluding carboxylic acids is 1. The van der Waals surface area contributed by atoms with Gasteiger partial charge in [0.15, 0.2) is 11.5 Å². The van der Waals surface area contributed by atoms with Gasteiger partial charge in [-0.1, -0.05) is 43.5 Å². The van der Waals surface area contributed by atoms with Crippen molar-refractivity contribution in [2.24, 2.45) is 22.4 Å². The summed E-state index contributed by atoms with van der Waals surface area (Å²) in [6.07, 6.45) is 6.41. The molecule has 158 valence electrons. The predicted molar refractivity (Wildman–Crippen MR) is 118 cm³/mol. The monoisotopic (exact) mass is 426 g/mol. The summed E-state index contributed by atoms with van der Waals surface area (Å²) in [7, 11) is 1.60. The Kier molecular flexibility index (Phi) is 6.00. The molecule has 1 amide bonds. The van der Waals surface area contributed by atoms with Crippen molar-refractivity contribution in [1.82, 2.24) is 5.43 Å². The van der Waals surface area contributed by atoms with E-state index in [1.165, 1.54) is 12.8 Å². The zero-order chi connectivity index (χ0) is 21.1. The lowest BCUT2D eigenvalue weighted by Gasteiger charge is -2.15. The number of fused-ring (bicyclic) bond motifs is 1. The number of hydrazone groups is 1. The van der Waals surface area contributed by atoms with Crippen LogP contribution >= 0.6 is 11.6 Å². The number of nitrogens with zero attached hydrogens (tertiary/aromatic N) is 1.